The molecule has 8 heteroatoms. The molecule has 156 valence electrons. The number of nitrogens with one attached hydrogen (secondary N) is 1. The number of hydrogen-bond acceptors (Lipinski definition) is 4. The number of benzene rings is 2. The number of carbonyl (C=O) groups is 3. The van der Waals surface area contributed by atoms with Crippen LogP contribution in [0.1, 0.15) is 18.4 Å². The number of amides is 3. The predicted octanol–water partition coefficient (Wildman–Crippen LogP) is 3.83. The number of likely N-dealkylation sites (tertiary alicyclic amines) is 1. The number of nitrogens with zero attached hydrogens (tertiary/aromatic N) is 2. The van der Waals surface area contributed by atoms with Gasteiger partial charge in [0.15, 0.2) is 5.25 Å². The summed E-state index contributed by atoms with van der Waals surface area (Å²) in [5, 5.41) is 2.01. The fourth-order valence-corrected chi connectivity index (χ4v) is 5.14. The Kier molecular flexibility index (Phi) is 6.15. The summed E-state index contributed by atoms with van der Waals surface area (Å²) in [7, 11) is 0. The monoisotopic (exact) mass is 487 g/mol. The SMILES string of the molecule is Cc1cc(NC(=O)CN2C(=O)C(C(=O)N3CCCC3)Sc3ccccc32)ccc1Br. The topological polar surface area (TPSA) is 69.7 Å². The Labute approximate surface area is 188 Å². The summed E-state index contributed by atoms with van der Waals surface area (Å²) in [4.78, 5) is 43.0. The van der Waals surface area contributed by atoms with Gasteiger partial charge in [-0.15, -0.1) is 11.8 Å². The van der Waals surface area contributed by atoms with E-state index in [9.17, 15) is 14.4 Å². The molecule has 1 saturated heterocycles. The van der Waals surface area contributed by atoms with E-state index >= 15 is 0 Å². The van der Waals surface area contributed by atoms with Gasteiger partial charge in [0.1, 0.15) is 6.54 Å². The van der Waals surface area contributed by atoms with E-state index in [4.69, 9.17) is 0 Å². The first-order valence-corrected chi connectivity index (χ1v) is 11.5. The van der Waals surface area contributed by atoms with E-state index in [1.165, 1.54) is 16.7 Å². The van der Waals surface area contributed by atoms with Crippen molar-refractivity contribution >= 4 is 56.8 Å². The van der Waals surface area contributed by atoms with Gasteiger partial charge in [0, 0.05) is 28.1 Å². The molecule has 6 nitrogen and oxygen atoms in total. The molecule has 4 rings (SSSR count). The Bertz CT molecular complexity index is 1010. The average Bonchev–Trinajstić information content (AvgIpc) is 3.27. The van der Waals surface area contributed by atoms with Crippen molar-refractivity contribution in [3.8, 4) is 0 Å². The van der Waals surface area contributed by atoms with Crippen LogP contribution in [-0.4, -0.2) is 47.5 Å². The summed E-state index contributed by atoms with van der Waals surface area (Å²) >= 11 is 4.72. The van der Waals surface area contributed by atoms with Crippen LogP contribution in [0.5, 0.6) is 0 Å². The van der Waals surface area contributed by atoms with Gasteiger partial charge < -0.3 is 15.1 Å². The van der Waals surface area contributed by atoms with Gasteiger partial charge in [-0.05, 0) is 55.7 Å². The van der Waals surface area contributed by atoms with Crippen LogP contribution in [-0.2, 0) is 14.4 Å². The van der Waals surface area contributed by atoms with Gasteiger partial charge in [0.05, 0.1) is 5.69 Å². The zero-order valence-electron chi connectivity index (χ0n) is 16.6. The van der Waals surface area contributed by atoms with Crippen molar-refractivity contribution in [3.05, 3.63) is 52.5 Å². The summed E-state index contributed by atoms with van der Waals surface area (Å²) in [5.41, 5.74) is 2.33. The largest absolute Gasteiger partial charge is 0.341 e. The van der Waals surface area contributed by atoms with E-state index in [2.05, 4.69) is 21.2 Å². The second-order valence-corrected chi connectivity index (χ2v) is 9.44. The highest BCUT2D eigenvalue weighted by molar-refractivity contribution is 9.10. The van der Waals surface area contributed by atoms with Gasteiger partial charge in [0.2, 0.25) is 11.8 Å². The first kappa shape index (κ1) is 20.9. The Balaban J connectivity index is 1.55. The molecule has 0 saturated carbocycles. The number of fused-ring (bicyclic) bond motifs is 1. The van der Waals surface area contributed by atoms with E-state index in [0.717, 1.165) is 27.8 Å². The smallest absolute Gasteiger partial charge is 0.250 e. The minimum Gasteiger partial charge on any atom is -0.341 e. The molecule has 0 bridgehead atoms. The average molecular weight is 488 g/mol. The maximum Gasteiger partial charge on any atom is 0.250 e. The van der Waals surface area contributed by atoms with Crippen LogP contribution in [0.15, 0.2) is 51.8 Å². The van der Waals surface area contributed by atoms with E-state index in [0.29, 0.717) is 24.5 Å². The fraction of sp³-hybridized carbons (Fsp3) is 0.318. The van der Waals surface area contributed by atoms with E-state index in [1.807, 2.05) is 43.3 Å². The van der Waals surface area contributed by atoms with Crippen molar-refractivity contribution < 1.29 is 14.4 Å². The standard InChI is InChI=1S/C22H22BrN3O3S/c1-14-12-15(8-9-16(14)23)24-19(27)13-26-17-6-2-3-7-18(17)30-20(22(26)29)21(28)25-10-4-5-11-25/h2-3,6-9,12,20H,4-5,10-11,13H2,1H3,(H,24,27). The number of aryl methyl sites for hydroxylation is 1. The normalized spacial score (nSPS) is 18.3. The summed E-state index contributed by atoms with van der Waals surface area (Å²) in [6, 6.07) is 12.9. The molecule has 0 radical (unpaired) electrons. The van der Waals surface area contributed by atoms with Gasteiger partial charge in [-0.3, -0.25) is 14.4 Å². The molecule has 2 aliphatic rings. The van der Waals surface area contributed by atoms with Crippen LogP contribution in [0.2, 0.25) is 0 Å². The van der Waals surface area contributed by atoms with Crippen LogP contribution in [0.25, 0.3) is 0 Å². The van der Waals surface area contributed by atoms with Crippen LogP contribution in [0.4, 0.5) is 11.4 Å². The van der Waals surface area contributed by atoms with Crippen LogP contribution < -0.4 is 10.2 Å². The van der Waals surface area contributed by atoms with Gasteiger partial charge in [-0.1, -0.05) is 28.1 Å². The third-order valence-electron chi connectivity index (χ3n) is 5.28. The molecular formula is C22H22BrN3O3S. The number of anilines is 2. The Morgan fingerprint density at radius 3 is 2.63 bits per heavy atom. The maximum atomic E-state index is 13.2. The maximum absolute atomic E-state index is 13.2. The first-order valence-electron chi connectivity index (χ1n) is 9.86. The zero-order chi connectivity index (χ0) is 21.3. The van der Waals surface area contributed by atoms with Crippen molar-refractivity contribution in [2.24, 2.45) is 0 Å². The second kappa shape index (κ2) is 8.81. The molecule has 1 fully saturated rings. The van der Waals surface area contributed by atoms with Crippen LogP contribution >= 0.6 is 27.7 Å². The predicted molar refractivity (Wildman–Crippen MR) is 122 cm³/mol. The second-order valence-electron chi connectivity index (χ2n) is 7.43. The molecular weight excluding hydrogens is 466 g/mol. The minimum absolute atomic E-state index is 0.144. The zero-order valence-corrected chi connectivity index (χ0v) is 19.0. The summed E-state index contributed by atoms with van der Waals surface area (Å²) in [6.45, 7) is 3.17. The van der Waals surface area contributed by atoms with E-state index in [-0.39, 0.29) is 24.3 Å². The minimum atomic E-state index is -0.847. The Morgan fingerprint density at radius 1 is 1.17 bits per heavy atom. The highest BCUT2D eigenvalue weighted by Gasteiger charge is 2.41. The molecule has 1 unspecified atom stereocenters. The number of hydrogen-bond donors (Lipinski definition) is 1. The summed E-state index contributed by atoms with van der Waals surface area (Å²) in [6.07, 6.45) is 1.93. The fourth-order valence-electron chi connectivity index (χ4n) is 3.71. The van der Waals surface area contributed by atoms with Gasteiger partial charge >= 0.3 is 0 Å². The molecule has 2 aliphatic heterocycles. The Hall–Kier alpha value is -2.32. The molecule has 3 amide bonds. The Morgan fingerprint density at radius 2 is 1.90 bits per heavy atom. The molecule has 1 N–H and O–H groups in total. The summed E-state index contributed by atoms with van der Waals surface area (Å²) < 4.78 is 0.959. The molecule has 0 aliphatic carbocycles. The molecule has 2 aromatic rings. The lowest BCUT2D eigenvalue weighted by Crippen LogP contribution is -2.51. The lowest BCUT2D eigenvalue weighted by Gasteiger charge is -2.34. The highest BCUT2D eigenvalue weighted by Crippen LogP contribution is 2.40. The van der Waals surface area contributed by atoms with E-state index in [1.54, 1.807) is 11.0 Å². The van der Waals surface area contributed by atoms with Crippen LogP contribution in [0, 0.1) is 6.92 Å². The number of para-hydroxylation sites is 1. The lowest BCUT2D eigenvalue weighted by atomic mass is 10.2. The number of halogens is 1. The van der Waals surface area contributed by atoms with Crippen molar-refractivity contribution in [2.75, 3.05) is 29.9 Å². The van der Waals surface area contributed by atoms with Crippen LogP contribution in [0.3, 0.4) is 0 Å². The highest BCUT2D eigenvalue weighted by atomic mass is 79.9. The molecule has 2 heterocycles. The number of carbonyl (C=O) groups excluding carboxylic acids is 3. The summed E-state index contributed by atoms with van der Waals surface area (Å²) in [5.74, 6) is -0.803. The third-order valence-corrected chi connectivity index (χ3v) is 7.40. The molecule has 30 heavy (non-hydrogen) atoms. The molecule has 0 aromatic heterocycles. The third kappa shape index (κ3) is 4.25. The van der Waals surface area contributed by atoms with Crippen molar-refractivity contribution in [2.45, 2.75) is 29.9 Å². The van der Waals surface area contributed by atoms with Crippen molar-refractivity contribution in [3.63, 3.8) is 0 Å². The number of rotatable bonds is 4. The van der Waals surface area contributed by atoms with Gasteiger partial charge in [-0.25, -0.2) is 0 Å². The van der Waals surface area contributed by atoms with Crippen molar-refractivity contribution in [1.82, 2.24) is 4.90 Å². The van der Waals surface area contributed by atoms with Gasteiger partial charge in [0.25, 0.3) is 5.91 Å². The molecule has 2 aromatic carbocycles. The molecule has 0 spiro atoms. The lowest BCUT2D eigenvalue weighted by molar-refractivity contribution is -0.134. The number of thioether (sulfide) groups is 1. The van der Waals surface area contributed by atoms with Crippen molar-refractivity contribution in [1.29, 1.82) is 0 Å². The van der Waals surface area contributed by atoms with Gasteiger partial charge in [-0.2, -0.15) is 0 Å². The van der Waals surface area contributed by atoms with E-state index < -0.39 is 5.25 Å². The first-order chi connectivity index (χ1) is 14.4. The molecule has 1 atom stereocenters. The quantitative estimate of drug-likeness (QED) is 0.665.